The quantitative estimate of drug-likeness (QED) is 0.800. The van der Waals surface area contributed by atoms with Crippen molar-refractivity contribution in [3.63, 3.8) is 0 Å². The van der Waals surface area contributed by atoms with Gasteiger partial charge in [0.05, 0.1) is 5.56 Å². The van der Waals surface area contributed by atoms with Gasteiger partial charge in [0.2, 0.25) is 0 Å². The summed E-state index contributed by atoms with van der Waals surface area (Å²) in [6.07, 6.45) is 1.07. The van der Waals surface area contributed by atoms with E-state index in [0.29, 0.717) is 26.2 Å². The number of ether oxygens (including phenoxy) is 1. The molecular formula is C15H17FN2O3. The molecule has 0 aromatic heterocycles. The zero-order valence-electron chi connectivity index (χ0n) is 11.6. The highest BCUT2D eigenvalue weighted by molar-refractivity contribution is 5.94. The average Bonchev–Trinajstić information content (AvgIpc) is 2.52. The normalized spacial score (nSPS) is 14.7. The molecule has 1 aromatic carbocycles. The monoisotopic (exact) mass is 292 g/mol. The number of nitrogens with zero attached hydrogens (tertiary/aromatic N) is 2. The summed E-state index contributed by atoms with van der Waals surface area (Å²) < 4.78 is 18.5. The van der Waals surface area contributed by atoms with Crippen LogP contribution in [0.2, 0.25) is 0 Å². The van der Waals surface area contributed by atoms with E-state index in [2.05, 4.69) is 6.58 Å². The molecule has 21 heavy (non-hydrogen) atoms. The molecule has 0 spiro atoms. The molecule has 1 aromatic rings. The van der Waals surface area contributed by atoms with Crippen LogP contribution in [-0.4, -0.2) is 54.6 Å². The van der Waals surface area contributed by atoms with Gasteiger partial charge < -0.3 is 14.5 Å². The largest absolute Gasteiger partial charge is 0.445 e. The number of hydrogen-bond acceptors (Lipinski definition) is 3. The maximum Gasteiger partial charge on any atom is 0.410 e. The van der Waals surface area contributed by atoms with E-state index in [9.17, 15) is 14.0 Å². The number of carbonyl (C=O) groups excluding carboxylic acids is 2. The van der Waals surface area contributed by atoms with Crippen molar-refractivity contribution >= 4 is 12.0 Å². The summed E-state index contributed by atoms with van der Waals surface area (Å²) in [5.74, 6) is -0.887. The second-order valence-corrected chi connectivity index (χ2v) is 4.62. The average molecular weight is 292 g/mol. The van der Waals surface area contributed by atoms with Gasteiger partial charge in [-0.3, -0.25) is 4.79 Å². The number of hydrogen-bond donors (Lipinski definition) is 0. The summed E-state index contributed by atoms with van der Waals surface area (Å²) in [5.41, 5.74) is 0.0557. The van der Waals surface area contributed by atoms with E-state index in [0.717, 1.165) is 0 Å². The standard InChI is InChI=1S/C15H17FN2O3/c1-2-11-21-15(20)18-9-7-17(8-10-18)14(19)12-5-3-4-6-13(12)16/h2-6H,1,7-11H2. The first-order valence-electron chi connectivity index (χ1n) is 6.70. The van der Waals surface area contributed by atoms with E-state index in [-0.39, 0.29) is 18.1 Å². The number of rotatable bonds is 3. The Hall–Kier alpha value is -2.37. The van der Waals surface area contributed by atoms with Crippen molar-refractivity contribution in [2.24, 2.45) is 0 Å². The summed E-state index contributed by atoms with van der Waals surface area (Å²) in [6.45, 7) is 5.09. The number of benzene rings is 1. The molecule has 1 fully saturated rings. The molecule has 6 heteroatoms. The van der Waals surface area contributed by atoms with Crippen LogP contribution in [-0.2, 0) is 4.74 Å². The van der Waals surface area contributed by atoms with E-state index in [1.54, 1.807) is 12.1 Å². The van der Waals surface area contributed by atoms with Crippen LogP contribution >= 0.6 is 0 Å². The molecule has 1 aliphatic rings. The molecule has 112 valence electrons. The van der Waals surface area contributed by atoms with Crippen LogP contribution in [0.25, 0.3) is 0 Å². The smallest absolute Gasteiger partial charge is 0.410 e. The van der Waals surface area contributed by atoms with Gasteiger partial charge in [-0.05, 0) is 12.1 Å². The van der Waals surface area contributed by atoms with Crippen molar-refractivity contribution in [3.8, 4) is 0 Å². The molecular weight excluding hydrogens is 275 g/mol. The summed E-state index contributed by atoms with van der Waals surface area (Å²) in [6, 6.07) is 5.89. The predicted molar refractivity (Wildman–Crippen MR) is 75.4 cm³/mol. The molecule has 0 radical (unpaired) electrons. The Kier molecular flexibility index (Phi) is 4.92. The summed E-state index contributed by atoms with van der Waals surface area (Å²) >= 11 is 0. The van der Waals surface area contributed by atoms with Crippen LogP contribution < -0.4 is 0 Å². The summed E-state index contributed by atoms with van der Waals surface area (Å²) in [4.78, 5) is 26.9. The van der Waals surface area contributed by atoms with E-state index >= 15 is 0 Å². The van der Waals surface area contributed by atoms with Crippen molar-refractivity contribution in [2.45, 2.75) is 0 Å². The van der Waals surface area contributed by atoms with E-state index < -0.39 is 11.9 Å². The molecule has 1 heterocycles. The zero-order valence-corrected chi connectivity index (χ0v) is 11.6. The SMILES string of the molecule is C=CCOC(=O)N1CCN(C(=O)c2ccccc2F)CC1. The minimum absolute atomic E-state index is 0.0557. The minimum Gasteiger partial charge on any atom is -0.445 e. The topological polar surface area (TPSA) is 49.9 Å². The molecule has 0 saturated carbocycles. The Morgan fingerprint density at radius 2 is 1.81 bits per heavy atom. The van der Waals surface area contributed by atoms with Crippen molar-refractivity contribution in [1.29, 1.82) is 0 Å². The fourth-order valence-corrected chi connectivity index (χ4v) is 2.12. The van der Waals surface area contributed by atoms with Gasteiger partial charge in [0.15, 0.2) is 0 Å². The second-order valence-electron chi connectivity index (χ2n) is 4.62. The third-order valence-corrected chi connectivity index (χ3v) is 3.25. The van der Waals surface area contributed by atoms with Crippen LogP contribution in [0.1, 0.15) is 10.4 Å². The molecule has 1 aliphatic heterocycles. The minimum atomic E-state index is -0.532. The van der Waals surface area contributed by atoms with Gasteiger partial charge in [0.25, 0.3) is 5.91 Å². The summed E-state index contributed by atoms with van der Waals surface area (Å²) in [5, 5.41) is 0. The number of carbonyl (C=O) groups is 2. The highest BCUT2D eigenvalue weighted by atomic mass is 19.1. The second kappa shape index (κ2) is 6.88. The first kappa shape index (κ1) is 15.0. The van der Waals surface area contributed by atoms with Gasteiger partial charge >= 0.3 is 6.09 Å². The van der Waals surface area contributed by atoms with Gasteiger partial charge in [-0.2, -0.15) is 0 Å². The van der Waals surface area contributed by atoms with Crippen molar-refractivity contribution in [2.75, 3.05) is 32.8 Å². The van der Waals surface area contributed by atoms with E-state index in [1.165, 1.54) is 28.0 Å². The maximum atomic E-state index is 13.6. The number of halogens is 1. The molecule has 0 bridgehead atoms. The van der Waals surface area contributed by atoms with Gasteiger partial charge in [-0.15, -0.1) is 0 Å². The lowest BCUT2D eigenvalue weighted by molar-refractivity contribution is 0.0577. The highest BCUT2D eigenvalue weighted by Crippen LogP contribution is 2.12. The van der Waals surface area contributed by atoms with Crippen LogP contribution in [0, 0.1) is 5.82 Å². The Labute approximate surface area is 122 Å². The Bertz CT molecular complexity index is 539. The van der Waals surface area contributed by atoms with Gasteiger partial charge in [0.1, 0.15) is 12.4 Å². The number of amides is 2. The Morgan fingerprint density at radius 3 is 2.43 bits per heavy atom. The fourth-order valence-electron chi connectivity index (χ4n) is 2.12. The summed E-state index contributed by atoms with van der Waals surface area (Å²) in [7, 11) is 0. The van der Waals surface area contributed by atoms with Crippen molar-refractivity contribution in [3.05, 3.63) is 48.3 Å². The van der Waals surface area contributed by atoms with E-state index in [4.69, 9.17) is 4.74 Å². The Morgan fingerprint density at radius 1 is 1.19 bits per heavy atom. The molecule has 0 N–H and O–H groups in total. The van der Waals surface area contributed by atoms with Gasteiger partial charge in [-0.25, -0.2) is 9.18 Å². The van der Waals surface area contributed by atoms with Crippen molar-refractivity contribution < 1.29 is 18.7 Å². The molecule has 0 unspecified atom stereocenters. The zero-order chi connectivity index (χ0) is 15.2. The lowest BCUT2D eigenvalue weighted by Gasteiger charge is -2.34. The van der Waals surface area contributed by atoms with Crippen LogP contribution in [0.5, 0.6) is 0 Å². The Balaban J connectivity index is 1.92. The predicted octanol–water partition coefficient (Wildman–Crippen LogP) is 1.91. The van der Waals surface area contributed by atoms with Gasteiger partial charge in [-0.1, -0.05) is 24.8 Å². The molecule has 0 aliphatic carbocycles. The first-order valence-corrected chi connectivity index (χ1v) is 6.70. The van der Waals surface area contributed by atoms with Crippen LogP contribution in [0.15, 0.2) is 36.9 Å². The van der Waals surface area contributed by atoms with E-state index in [1.807, 2.05) is 0 Å². The van der Waals surface area contributed by atoms with Crippen LogP contribution in [0.3, 0.4) is 0 Å². The lowest BCUT2D eigenvalue weighted by atomic mass is 10.1. The molecule has 5 nitrogen and oxygen atoms in total. The molecule has 2 amide bonds. The van der Waals surface area contributed by atoms with Crippen LogP contribution in [0.4, 0.5) is 9.18 Å². The third-order valence-electron chi connectivity index (χ3n) is 3.25. The van der Waals surface area contributed by atoms with Gasteiger partial charge in [0, 0.05) is 26.2 Å². The molecule has 2 rings (SSSR count). The van der Waals surface area contributed by atoms with Crippen molar-refractivity contribution in [1.82, 2.24) is 9.80 Å². The maximum absolute atomic E-state index is 13.6. The number of piperazine rings is 1. The lowest BCUT2D eigenvalue weighted by Crippen LogP contribution is -2.50. The third kappa shape index (κ3) is 3.59. The highest BCUT2D eigenvalue weighted by Gasteiger charge is 2.26. The fraction of sp³-hybridized carbons (Fsp3) is 0.333. The first-order chi connectivity index (χ1) is 10.1. The molecule has 0 atom stereocenters. The molecule has 1 saturated heterocycles.